The van der Waals surface area contributed by atoms with Crippen LogP contribution < -0.4 is 5.32 Å². The minimum absolute atomic E-state index is 0.122. The SMILES string of the molecule is c1ccc(C2Nc3ccccc3N=C2n2c3ccccc3c3cc(-n4c5ccc6ccccc6c5c5c6ccccc6ccc54)ccc32)cc1. The third-order valence-corrected chi connectivity index (χ3v) is 10.5. The lowest BCUT2D eigenvalue weighted by Gasteiger charge is -2.29. The average Bonchev–Trinajstić information content (AvgIpc) is 3.71. The zero-order valence-corrected chi connectivity index (χ0v) is 27.1. The lowest BCUT2D eigenvalue weighted by atomic mass is 10.00. The fourth-order valence-corrected chi connectivity index (χ4v) is 8.33. The predicted molar refractivity (Wildman–Crippen MR) is 211 cm³/mol. The molecule has 2 aromatic heterocycles. The molecule has 4 heteroatoms. The van der Waals surface area contributed by atoms with E-state index in [-0.39, 0.29) is 6.04 Å². The van der Waals surface area contributed by atoms with Crippen molar-refractivity contribution in [3.63, 3.8) is 0 Å². The summed E-state index contributed by atoms with van der Waals surface area (Å²) in [5, 5.41) is 13.9. The smallest absolute Gasteiger partial charge is 0.141 e. The van der Waals surface area contributed by atoms with Gasteiger partial charge in [0.25, 0.3) is 0 Å². The van der Waals surface area contributed by atoms with Gasteiger partial charge in [-0.3, -0.25) is 4.57 Å². The molecule has 0 amide bonds. The molecule has 1 aliphatic rings. The van der Waals surface area contributed by atoms with Gasteiger partial charge in [-0.05, 0) is 75.6 Å². The van der Waals surface area contributed by atoms with Crippen LogP contribution in [0.2, 0.25) is 0 Å². The number of fused-ring (bicyclic) bond motifs is 11. The number of hydrogen-bond donors (Lipinski definition) is 1. The summed E-state index contributed by atoms with van der Waals surface area (Å²) < 4.78 is 4.82. The summed E-state index contributed by atoms with van der Waals surface area (Å²) in [6, 6.07) is 61.2. The normalized spacial score (nSPS) is 14.5. The number of aliphatic imine (C=N–C) groups is 1. The number of para-hydroxylation sites is 3. The second-order valence-corrected chi connectivity index (χ2v) is 13.2. The van der Waals surface area contributed by atoms with Crippen LogP contribution in [0.3, 0.4) is 0 Å². The molecule has 0 saturated carbocycles. The first-order valence-electron chi connectivity index (χ1n) is 17.2. The first-order valence-corrected chi connectivity index (χ1v) is 17.2. The van der Waals surface area contributed by atoms with Gasteiger partial charge in [0.2, 0.25) is 0 Å². The van der Waals surface area contributed by atoms with Crippen LogP contribution in [0.4, 0.5) is 11.4 Å². The van der Waals surface area contributed by atoms with Crippen molar-refractivity contribution in [2.45, 2.75) is 6.04 Å². The van der Waals surface area contributed by atoms with Crippen LogP contribution in [0.1, 0.15) is 11.6 Å². The molecule has 8 aromatic carbocycles. The lowest BCUT2D eigenvalue weighted by Crippen LogP contribution is -2.29. The van der Waals surface area contributed by atoms with Crippen molar-refractivity contribution in [2.75, 3.05) is 5.32 Å². The fraction of sp³-hybridized carbons (Fsp3) is 0.0217. The molecule has 1 aliphatic heterocycles. The van der Waals surface area contributed by atoms with Crippen molar-refractivity contribution in [1.82, 2.24) is 9.13 Å². The van der Waals surface area contributed by atoms with Gasteiger partial charge in [0.05, 0.1) is 33.4 Å². The van der Waals surface area contributed by atoms with Crippen molar-refractivity contribution < 1.29 is 0 Å². The minimum Gasteiger partial charge on any atom is -0.370 e. The molecule has 0 saturated heterocycles. The molecule has 0 aliphatic carbocycles. The summed E-state index contributed by atoms with van der Waals surface area (Å²) in [6.45, 7) is 0. The molecule has 0 fully saturated rings. The van der Waals surface area contributed by atoms with Gasteiger partial charge in [0.15, 0.2) is 0 Å². The Labute approximate surface area is 288 Å². The van der Waals surface area contributed by atoms with Crippen LogP contribution in [0.15, 0.2) is 175 Å². The van der Waals surface area contributed by atoms with Crippen molar-refractivity contribution in [3.8, 4) is 5.69 Å². The zero-order valence-electron chi connectivity index (χ0n) is 27.1. The Kier molecular flexibility index (Phi) is 5.69. The highest BCUT2D eigenvalue weighted by Crippen LogP contribution is 2.43. The van der Waals surface area contributed by atoms with E-state index in [1.165, 1.54) is 59.7 Å². The van der Waals surface area contributed by atoms with Crippen molar-refractivity contribution in [2.24, 2.45) is 4.99 Å². The van der Waals surface area contributed by atoms with Crippen LogP contribution in [-0.4, -0.2) is 15.0 Å². The quantitative estimate of drug-likeness (QED) is 0.201. The lowest BCUT2D eigenvalue weighted by molar-refractivity contribution is 0.962. The van der Waals surface area contributed by atoms with Gasteiger partial charge in [0, 0.05) is 27.2 Å². The third-order valence-electron chi connectivity index (χ3n) is 10.5. The van der Waals surface area contributed by atoms with E-state index in [4.69, 9.17) is 4.99 Å². The van der Waals surface area contributed by atoms with E-state index in [0.717, 1.165) is 33.9 Å². The summed E-state index contributed by atoms with van der Waals surface area (Å²) in [5.41, 5.74) is 8.99. The standard InChI is InChI=1S/C46H30N4/c1-2-14-31(15-3-1)45-46(48-38-20-10-9-19-37(38)47-45)50-39-21-11-8-18-35(39)36-28-32(24-27-40(36)50)49-41-25-22-29-12-4-6-16-33(29)43(41)44-34-17-7-5-13-30(34)23-26-42(44)49/h1-28,45,47H. The summed E-state index contributed by atoms with van der Waals surface area (Å²) in [4.78, 5) is 5.37. The van der Waals surface area contributed by atoms with Crippen molar-refractivity contribution in [1.29, 1.82) is 0 Å². The van der Waals surface area contributed by atoms with Crippen LogP contribution in [0.25, 0.3) is 70.8 Å². The van der Waals surface area contributed by atoms with Crippen molar-refractivity contribution in [3.05, 3.63) is 175 Å². The summed E-state index contributed by atoms with van der Waals surface area (Å²) in [6.07, 6.45) is 0. The Morgan fingerprint density at radius 1 is 0.440 bits per heavy atom. The van der Waals surface area contributed by atoms with Gasteiger partial charge in [-0.1, -0.05) is 121 Å². The first-order chi connectivity index (χ1) is 24.8. The topological polar surface area (TPSA) is 34.2 Å². The second-order valence-electron chi connectivity index (χ2n) is 13.2. The van der Waals surface area contributed by atoms with Crippen LogP contribution in [0, 0.1) is 0 Å². The fourth-order valence-electron chi connectivity index (χ4n) is 8.33. The average molecular weight is 639 g/mol. The molecule has 0 bridgehead atoms. The monoisotopic (exact) mass is 638 g/mol. The Balaban J connectivity index is 1.21. The Morgan fingerprint density at radius 3 is 1.76 bits per heavy atom. The number of nitrogens with one attached hydrogen (secondary N) is 1. The van der Waals surface area contributed by atoms with Gasteiger partial charge in [-0.25, -0.2) is 4.99 Å². The molecule has 1 N–H and O–H groups in total. The van der Waals surface area contributed by atoms with Gasteiger partial charge in [0.1, 0.15) is 11.9 Å². The molecule has 1 atom stereocenters. The molecule has 4 nitrogen and oxygen atoms in total. The van der Waals surface area contributed by atoms with E-state index in [1.807, 2.05) is 0 Å². The predicted octanol–water partition coefficient (Wildman–Crippen LogP) is 11.9. The molecule has 1 unspecified atom stereocenters. The van der Waals surface area contributed by atoms with E-state index in [0.29, 0.717) is 0 Å². The summed E-state index contributed by atoms with van der Waals surface area (Å²) in [7, 11) is 0. The first kappa shape index (κ1) is 27.3. The Hall–Kier alpha value is -6.65. The number of anilines is 1. The van der Waals surface area contributed by atoms with E-state index >= 15 is 0 Å². The minimum atomic E-state index is -0.122. The van der Waals surface area contributed by atoms with Gasteiger partial charge in [-0.2, -0.15) is 0 Å². The molecule has 3 heterocycles. The number of aromatic nitrogens is 2. The highest BCUT2D eigenvalue weighted by atomic mass is 15.2. The van der Waals surface area contributed by atoms with Gasteiger partial charge < -0.3 is 9.88 Å². The summed E-state index contributed by atoms with van der Waals surface area (Å²) in [5.74, 6) is 0.962. The highest BCUT2D eigenvalue weighted by Gasteiger charge is 2.28. The van der Waals surface area contributed by atoms with Crippen LogP contribution >= 0.6 is 0 Å². The molecule has 11 rings (SSSR count). The van der Waals surface area contributed by atoms with E-state index < -0.39 is 0 Å². The number of rotatable bonds is 2. The maximum absolute atomic E-state index is 5.37. The summed E-state index contributed by atoms with van der Waals surface area (Å²) >= 11 is 0. The van der Waals surface area contributed by atoms with E-state index in [1.54, 1.807) is 0 Å². The zero-order chi connectivity index (χ0) is 32.8. The molecule has 234 valence electrons. The largest absolute Gasteiger partial charge is 0.370 e. The second kappa shape index (κ2) is 10.4. The Morgan fingerprint density at radius 2 is 1.02 bits per heavy atom. The third kappa shape index (κ3) is 3.84. The van der Waals surface area contributed by atoms with Crippen molar-refractivity contribution >= 4 is 82.4 Å². The van der Waals surface area contributed by atoms with Gasteiger partial charge >= 0.3 is 0 Å². The highest BCUT2D eigenvalue weighted by molar-refractivity contribution is 6.28. The maximum atomic E-state index is 5.37. The molecule has 0 radical (unpaired) electrons. The van der Waals surface area contributed by atoms with E-state index in [2.05, 4.69) is 184 Å². The molecule has 0 spiro atoms. The molecule has 50 heavy (non-hydrogen) atoms. The molecular weight excluding hydrogens is 609 g/mol. The Bertz CT molecular complexity index is 2920. The van der Waals surface area contributed by atoms with Gasteiger partial charge in [-0.15, -0.1) is 0 Å². The number of benzene rings is 8. The number of hydrogen-bond acceptors (Lipinski definition) is 2. The van der Waals surface area contributed by atoms with E-state index in [9.17, 15) is 0 Å². The number of nitrogens with zero attached hydrogens (tertiary/aromatic N) is 3. The molecular formula is C46H30N4. The van der Waals surface area contributed by atoms with Crippen LogP contribution in [-0.2, 0) is 0 Å². The maximum Gasteiger partial charge on any atom is 0.141 e. The molecule has 10 aromatic rings. The van der Waals surface area contributed by atoms with Crippen LogP contribution in [0.5, 0.6) is 0 Å².